The average Bonchev–Trinajstić information content (AvgIpc) is 2.32. The van der Waals surface area contributed by atoms with Gasteiger partial charge in [0, 0.05) is 17.0 Å². The van der Waals surface area contributed by atoms with Crippen LogP contribution in [0.2, 0.25) is 0 Å². The maximum atomic E-state index is 12.0. The Kier molecular flexibility index (Phi) is 6.12. The topological polar surface area (TPSA) is 92.4 Å². The van der Waals surface area contributed by atoms with Gasteiger partial charge in [-0.25, -0.2) is 13.1 Å². The molecule has 0 aliphatic heterocycles. The Balaban J connectivity index is 2.68. The maximum absolute atomic E-state index is 12.0. The zero-order chi connectivity index (χ0) is 14.5. The second-order valence-electron chi connectivity index (χ2n) is 4.36. The first kappa shape index (κ1) is 16.3. The monoisotopic (exact) mass is 304 g/mol. The van der Waals surface area contributed by atoms with Gasteiger partial charge in [-0.1, -0.05) is 12.1 Å². The lowest BCUT2D eigenvalue weighted by Crippen LogP contribution is -2.41. The fourth-order valence-corrected chi connectivity index (χ4v) is 3.83. The zero-order valence-electron chi connectivity index (χ0n) is 11.0. The molecule has 108 valence electrons. The van der Waals surface area contributed by atoms with Crippen LogP contribution in [0.5, 0.6) is 0 Å². The molecule has 1 aromatic carbocycles. The normalized spacial score (nSPS) is 15.1. The van der Waals surface area contributed by atoms with E-state index in [9.17, 15) is 8.42 Å². The summed E-state index contributed by atoms with van der Waals surface area (Å²) < 4.78 is 26.6. The molecule has 0 spiro atoms. The molecule has 1 aromatic rings. The number of aliphatic hydroxyl groups excluding tert-OH is 1. The van der Waals surface area contributed by atoms with Gasteiger partial charge in [0.25, 0.3) is 0 Å². The molecule has 2 unspecified atom stereocenters. The third-order valence-electron chi connectivity index (χ3n) is 2.74. The molecule has 0 bridgehead atoms. The summed E-state index contributed by atoms with van der Waals surface area (Å²) in [6.45, 7) is 1.69. The van der Waals surface area contributed by atoms with Crippen LogP contribution in [0.15, 0.2) is 24.3 Å². The van der Waals surface area contributed by atoms with Crippen molar-refractivity contribution in [2.24, 2.45) is 0 Å². The standard InChI is InChI=1S/C12H20N2O3S2/c1-9(12(7-15)18-2)14-19(16,17)8-10-3-5-11(13)6-4-10/h3-6,9,12,14-15H,7-8,13H2,1-2H3. The van der Waals surface area contributed by atoms with Gasteiger partial charge in [-0.05, 0) is 30.9 Å². The van der Waals surface area contributed by atoms with Gasteiger partial charge < -0.3 is 10.8 Å². The van der Waals surface area contributed by atoms with E-state index in [4.69, 9.17) is 10.8 Å². The number of rotatable bonds is 7. The molecule has 0 heterocycles. The van der Waals surface area contributed by atoms with Gasteiger partial charge in [0.05, 0.1) is 12.4 Å². The predicted octanol–water partition coefficient (Wildman–Crippen LogP) is 0.801. The first-order chi connectivity index (χ1) is 8.88. The predicted molar refractivity (Wildman–Crippen MR) is 80.5 cm³/mol. The molecule has 1 rings (SSSR count). The number of hydrogen-bond acceptors (Lipinski definition) is 5. The van der Waals surface area contributed by atoms with Gasteiger partial charge in [-0.2, -0.15) is 11.8 Å². The fourth-order valence-electron chi connectivity index (χ4n) is 1.67. The van der Waals surface area contributed by atoms with Crippen LogP contribution < -0.4 is 10.5 Å². The van der Waals surface area contributed by atoms with Crippen molar-refractivity contribution >= 4 is 27.5 Å². The van der Waals surface area contributed by atoms with Crippen molar-refractivity contribution in [2.75, 3.05) is 18.6 Å². The minimum absolute atomic E-state index is 0.0628. The van der Waals surface area contributed by atoms with Crippen molar-refractivity contribution in [3.05, 3.63) is 29.8 Å². The van der Waals surface area contributed by atoms with E-state index >= 15 is 0 Å². The summed E-state index contributed by atoms with van der Waals surface area (Å²) in [4.78, 5) is 0. The number of nitrogens with two attached hydrogens (primary N) is 1. The summed E-state index contributed by atoms with van der Waals surface area (Å²) in [7, 11) is -3.43. The van der Waals surface area contributed by atoms with E-state index in [2.05, 4.69) is 4.72 Å². The Morgan fingerprint density at radius 3 is 2.42 bits per heavy atom. The van der Waals surface area contributed by atoms with E-state index in [0.717, 1.165) is 0 Å². The quantitative estimate of drug-likeness (QED) is 0.648. The van der Waals surface area contributed by atoms with E-state index < -0.39 is 10.0 Å². The highest BCUT2D eigenvalue weighted by Crippen LogP contribution is 2.13. The molecule has 0 amide bonds. The molecule has 0 aromatic heterocycles. The molecular formula is C12H20N2O3S2. The summed E-state index contributed by atoms with van der Waals surface area (Å²) in [6, 6.07) is 6.41. The molecule has 4 N–H and O–H groups in total. The van der Waals surface area contributed by atoms with Crippen LogP contribution in [0.25, 0.3) is 0 Å². The van der Waals surface area contributed by atoms with Crippen LogP contribution in [0.3, 0.4) is 0 Å². The molecule has 0 aliphatic carbocycles. The van der Waals surface area contributed by atoms with E-state index in [1.807, 2.05) is 6.26 Å². The van der Waals surface area contributed by atoms with Crippen LogP contribution in [0, 0.1) is 0 Å². The van der Waals surface area contributed by atoms with Crippen LogP contribution >= 0.6 is 11.8 Å². The molecule has 0 saturated carbocycles. The third kappa shape index (κ3) is 5.40. The number of thioether (sulfide) groups is 1. The Bertz CT molecular complexity index is 484. The summed E-state index contributed by atoms with van der Waals surface area (Å²) in [6.07, 6.45) is 1.84. The van der Waals surface area contributed by atoms with Crippen molar-refractivity contribution in [2.45, 2.75) is 24.0 Å². The number of sulfonamides is 1. The van der Waals surface area contributed by atoms with Crippen molar-refractivity contribution in [3.63, 3.8) is 0 Å². The van der Waals surface area contributed by atoms with Gasteiger partial charge in [0.1, 0.15) is 0 Å². The largest absolute Gasteiger partial charge is 0.399 e. The van der Waals surface area contributed by atoms with Crippen molar-refractivity contribution < 1.29 is 13.5 Å². The van der Waals surface area contributed by atoms with Crippen molar-refractivity contribution in [3.8, 4) is 0 Å². The van der Waals surface area contributed by atoms with Gasteiger partial charge in [0.2, 0.25) is 10.0 Å². The molecule has 2 atom stereocenters. The summed E-state index contributed by atoms with van der Waals surface area (Å²) >= 11 is 1.43. The number of benzene rings is 1. The molecule has 0 saturated heterocycles. The second kappa shape index (κ2) is 7.14. The summed E-state index contributed by atoms with van der Waals surface area (Å²) in [5, 5.41) is 8.99. The van der Waals surface area contributed by atoms with Crippen LogP contribution in [-0.2, 0) is 15.8 Å². The lowest BCUT2D eigenvalue weighted by molar-refractivity contribution is 0.282. The molecule has 5 nitrogen and oxygen atoms in total. The van der Waals surface area contributed by atoms with Gasteiger partial charge in [0.15, 0.2) is 0 Å². The second-order valence-corrected chi connectivity index (χ2v) is 7.19. The smallest absolute Gasteiger partial charge is 0.216 e. The SMILES string of the molecule is CSC(CO)C(C)NS(=O)(=O)Cc1ccc(N)cc1. The van der Waals surface area contributed by atoms with Gasteiger partial charge in [-0.15, -0.1) is 0 Å². The lowest BCUT2D eigenvalue weighted by Gasteiger charge is -2.21. The molecule has 0 radical (unpaired) electrons. The molecule has 19 heavy (non-hydrogen) atoms. The Labute approximate surface area is 118 Å². The summed E-state index contributed by atoms with van der Waals surface area (Å²) in [5.41, 5.74) is 6.83. The lowest BCUT2D eigenvalue weighted by atomic mass is 10.2. The van der Waals surface area contributed by atoms with E-state index in [0.29, 0.717) is 11.3 Å². The Morgan fingerprint density at radius 2 is 1.95 bits per heavy atom. The molecule has 0 fully saturated rings. The first-order valence-electron chi connectivity index (χ1n) is 5.86. The van der Waals surface area contributed by atoms with Crippen LogP contribution in [-0.4, -0.2) is 37.7 Å². The van der Waals surface area contributed by atoms with E-state index in [-0.39, 0.29) is 23.7 Å². The van der Waals surface area contributed by atoms with Gasteiger partial charge in [-0.3, -0.25) is 0 Å². The fraction of sp³-hybridized carbons (Fsp3) is 0.500. The highest BCUT2D eigenvalue weighted by atomic mass is 32.2. The molecule has 0 aliphatic rings. The van der Waals surface area contributed by atoms with Crippen LogP contribution in [0.1, 0.15) is 12.5 Å². The number of aliphatic hydroxyl groups is 1. The van der Waals surface area contributed by atoms with Crippen molar-refractivity contribution in [1.29, 1.82) is 0 Å². The average molecular weight is 304 g/mol. The minimum atomic E-state index is -3.43. The van der Waals surface area contributed by atoms with E-state index in [1.165, 1.54) is 11.8 Å². The van der Waals surface area contributed by atoms with Crippen molar-refractivity contribution in [1.82, 2.24) is 4.72 Å². The van der Waals surface area contributed by atoms with E-state index in [1.54, 1.807) is 31.2 Å². The Hall–Kier alpha value is -0.760. The molecule has 7 heteroatoms. The number of nitrogen functional groups attached to an aromatic ring is 1. The highest BCUT2D eigenvalue weighted by Gasteiger charge is 2.21. The number of hydrogen-bond donors (Lipinski definition) is 3. The number of anilines is 1. The molecular weight excluding hydrogens is 284 g/mol. The highest BCUT2D eigenvalue weighted by molar-refractivity contribution is 7.99. The first-order valence-corrected chi connectivity index (χ1v) is 8.80. The minimum Gasteiger partial charge on any atom is -0.399 e. The summed E-state index contributed by atoms with van der Waals surface area (Å²) in [5.74, 6) is -0.0931. The zero-order valence-corrected chi connectivity index (χ0v) is 12.7. The third-order valence-corrected chi connectivity index (χ3v) is 5.35. The number of nitrogens with one attached hydrogen (secondary N) is 1. The maximum Gasteiger partial charge on any atom is 0.216 e. The van der Waals surface area contributed by atoms with Gasteiger partial charge >= 0.3 is 0 Å². The Morgan fingerprint density at radius 1 is 1.37 bits per heavy atom. The van der Waals surface area contributed by atoms with Crippen LogP contribution in [0.4, 0.5) is 5.69 Å².